The lowest BCUT2D eigenvalue weighted by Crippen LogP contribution is -2.26. The van der Waals surface area contributed by atoms with Crippen molar-refractivity contribution in [3.8, 4) is 11.5 Å². The maximum absolute atomic E-state index is 13.4. The van der Waals surface area contributed by atoms with Crippen molar-refractivity contribution in [3.05, 3.63) is 72.8 Å². The van der Waals surface area contributed by atoms with E-state index in [4.69, 9.17) is 13.1 Å². The van der Waals surface area contributed by atoms with Gasteiger partial charge in [-0.3, -0.25) is 0 Å². The minimum atomic E-state index is -5.11. The van der Waals surface area contributed by atoms with Gasteiger partial charge in [-0.25, -0.2) is 3.63 Å². The zero-order valence-corrected chi connectivity index (χ0v) is 26.2. The molecule has 0 heterocycles. The summed E-state index contributed by atoms with van der Waals surface area (Å²) in [5, 5.41) is 0. The van der Waals surface area contributed by atoms with Crippen molar-refractivity contribution in [3.63, 3.8) is 0 Å². The fourth-order valence-corrected chi connectivity index (χ4v) is 9.10. The Balaban J connectivity index is 2.31. The average molecular weight is 614 g/mol. The Morgan fingerprint density at radius 2 is 0.976 bits per heavy atom. The molecular formula is C30H38F3NO5S2. The summed E-state index contributed by atoms with van der Waals surface area (Å²) in [6.07, 6.45) is -4.99. The summed E-state index contributed by atoms with van der Waals surface area (Å²) in [7, 11) is -4.65. The number of hydrogen-bond donors (Lipinski definition) is 0. The van der Waals surface area contributed by atoms with Crippen LogP contribution in [0.4, 0.5) is 18.9 Å². The molecule has 0 saturated heterocycles. The van der Waals surface area contributed by atoms with Gasteiger partial charge >= 0.3 is 6.18 Å². The summed E-state index contributed by atoms with van der Waals surface area (Å²) < 4.78 is 84.0. The van der Waals surface area contributed by atoms with E-state index in [-0.39, 0.29) is 0 Å². The Morgan fingerprint density at radius 1 is 0.634 bits per heavy atom. The van der Waals surface area contributed by atoms with E-state index in [9.17, 15) is 21.6 Å². The SMILES string of the molecule is CN(C)c1ccc(S(OS(=O)(=O)CC(F)(F)F)(c2ccc(OC(C)(C)C)cc2)c2ccc(OC(C)(C)C)cc2)cc1. The number of rotatable bonds is 9. The zero-order valence-electron chi connectivity index (χ0n) is 24.6. The minimum absolute atomic E-state index is 0.381. The first-order chi connectivity index (χ1) is 18.7. The molecule has 0 aliphatic carbocycles. The molecule has 226 valence electrons. The van der Waals surface area contributed by atoms with Crippen LogP contribution in [0.25, 0.3) is 0 Å². The van der Waals surface area contributed by atoms with Crippen LogP contribution in [0.2, 0.25) is 0 Å². The van der Waals surface area contributed by atoms with Crippen molar-refractivity contribution < 1.29 is 34.7 Å². The van der Waals surface area contributed by atoms with E-state index in [1.54, 1.807) is 72.8 Å². The van der Waals surface area contributed by atoms with Crippen LogP contribution < -0.4 is 14.4 Å². The van der Waals surface area contributed by atoms with Crippen LogP contribution in [0, 0.1) is 0 Å². The summed E-state index contributed by atoms with van der Waals surface area (Å²) in [5.41, 5.74) is -0.172. The van der Waals surface area contributed by atoms with Crippen molar-refractivity contribution >= 4 is 26.1 Å². The molecule has 0 saturated carbocycles. The van der Waals surface area contributed by atoms with Gasteiger partial charge in [0.05, 0.1) is 0 Å². The molecule has 0 spiro atoms. The molecule has 0 amide bonds. The fraction of sp³-hybridized carbons (Fsp3) is 0.400. The number of alkyl halides is 3. The third kappa shape index (κ3) is 9.05. The van der Waals surface area contributed by atoms with Crippen LogP contribution in [0.3, 0.4) is 0 Å². The summed E-state index contributed by atoms with van der Waals surface area (Å²) in [5.74, 6) is -1.09. The highest BCUT2D eigenvalue weighted by Crippen LogP contribution is 2.70. The molecule has 0 unspecified atom stereocenters. The van der Waals surface area contributed by atoms with Gasteiger partial charge in [-0.1, -0.05) is 0 Å². The summed E-state index contributed by atoms with van der Waals surface area (Å²) >= 11 is 0. The standard InChI is InChI=1S/C30H38F3NO5S2/c1-28(2,3)37-23-11-17-26(18-12-23)41(39-40(35,36)21-30(31,32)33,25-15-9-22(10-16-25)34(7)8)27-19-13-24(14-20-27)38-29(4,5)6/h9-20H,21H2,1-8H3. The van der Waals surface area contributed by atoms with Gasteiger partial charge in [-0.15, -0.1) is 0 Å². The van der Waals surface area contributed by atoms with Crippen molar-refractivity contribution in [2.75, 3.05) is 24.7 Å². The van der Waals surface area contributed by atoms with Gasteiger partial charge in [-0.05, 0) is 125 Å². The lowest BCUT2D eigenvalue weighted by atomic mass is 10.2. The van der Waals surface area contributed by atoms with E-state index in [1.807, 2.05) is 60.5 Å². The third-order valence-corrected chi connectivity index (χ3v) is 10.5. The topological polar surface area (TPSA) is 65.1 Å². The fourth-order valence-electron chi connectivity index (χ4n) is 3.95. The van der Waals surface area contributed by atoms with E-state index in [0.717, 1.165) is 5.69 Å². The molecule has 0 fully saturated rings. The smallest absolute Gasteiger partial charge is 0.405 e. The van der Waals surface area contributed by atoms with Crippen LogP contribution >= 0.6 is 10.3 Å². The second-order valence-corrected chi connectivity index (χ2v) is 16.2. The molecule has 0 radical (unpaired) electrons. The summed E-state index contributed by atoms with van der Waals surface area (Å²) in [6, 6.07) is 20.1. The first-order valence-corrected chi connectivity index (χ1v) is 16.0. The van der Waals surface area contributed by atoms with Gasteiger partial charge in [-0.2, -0.15) is 21.6 Å². The van der Waals surface area contributed by atoms with Gasteiger partial charge in [0.2, 0.25) is 0 Å². The number of ether oxygens (including phenoxy) is 2. The number of anilines is 1. The first-order valence-electron chi connectivity index (χ1n) is 12.9. The Hall–Kier alpha value is -2.89. The van der Waals surface area contributed by atoms with Crippen molar-refractivity contribution in [1.29, 1.82) is 0 Å². The lowest BCUT2D eigenvalue weighted by molar-refractivity contribution is -0.107. The maximum atomic E-state index is 13.4. The van der Waals surface area contributed by atoms with Crippen molar-refractivity contribution in [2.45, 2.75) is 73.6 Å². The molecule has 0 aromatic heterocycles. The molecule has 0 bridgehead atoms. The third-order valence-electron chi connectivity index (χ3n) is 5.39. The molecular weight excluding hydrogens is 575 g/mol. The Labute approximate surface area is 243 Å². The van der Waals surface area contributed by atoms with E-state index in [1.165, 1.54) is 0 Å². The number of hydrogen-bond acceptors (Lipinski definition) is 6. The molecule has 3 aromatic carbocycles. The van der Waals surface area contributed by atoms with E-state index in [0.29, 0.717) is 26.2 Å². The van der Waals surface area contributed by atoms with E-state index < -0.39 is 43.6 Å². The zero-order chi connectivity index (χ0) is 30.9. The summed E-state index contributed by atoms with van der Waals surface area (Å²) in [4.78, 5) is 3.03. The van der Waals surface area contributed by atoms with Crippen LogP contribution in [0.5, 0.6) is 11.5 Å². The van der Waals surface area contributed by atoms with Crippen LogP contribution in [-0.4, -0.2) is 45.6 Å². The predicted octanol–water partition coefficient (Wildman–Crippen LogP) is 8.21. The van der Waals surface area contributed by atoms with Gasteiger partial charge in [0, 0.05) is 34.5 Å². The number of halogens is 3. The maximum Gasteiger partial charge on any atom is 0.405 e. The average Bonchev–Trinajstić information content (AvgIpc) is 2.80. The molecule has 0 aliphatic rings. The quantitative estimate of drug-likeness (QED) is 0.242. The number of nitrogens with zero attached hydrogens (tertiary/aromatic N) is 1. The summed E-state index contributed by atoms with van der Waals surface area (Å²) in [6.45, 7) is 11.3. The van der Waals surface area contributed by atoms with E-state index in [2.05, 4.69) is 0 Å². The van der Waals surface area contributed by atoms with Crippen LogP contribution in [0.15, 0.2) is 87.5 Å². The number of benzene rings is 3. The molecule has 41 heavy (non-hydrogen) atoms. The molecule has 6 nitrogen and oxygen atoms in total. The molecule has 11 heteroatoms. The highest BCUT2D eigenvalue weighted by Gasteiger charge is 2.43. The Morgan fingerprint density at radius 3 is 1.27 bits per heavy atom. The monoisotopic (exact) mass is 613 g/mol. The lowest BCUT2D eigenvalue weighted by Gasteiger charge is -2.40. The normalized spacial score (nSPS) is 13.5. The second kappa shape index (κ2) is 11.8. The largest absolute Gasteiger partial charge is 0.488 e. The predicted molar refractivity (Wildman–Crippen MR) is 158 cm³/mol. The van der Waals surface area contributed by atoms with E-state index >= 15 is 0 Å². The first kappa shape index (κ1) is 32.6. The Kier molecular flexibility index (Phi) is 9.37. The van der Waals surface area contributed by atoms with Gasteiger partial charge in [0.1, 0.15) is 22.7 Å². The minimum Gasteiger partial charge on any atom is -0.488 e. The molecule has 0 N–H and O–H groups in total. The Bertz CT molecular complexity index is 1350. The molecule has 0 aliphatic heterocycles. The van der Waals surface area contributed by atoms with Gasteiger partial charge < -0.3 is 14.4 Å². The van der Waals surface area contributed by atoms with Crippen molar-refractivity contribution in [2.24, 2.45) is 0 Å². The van der Waals surface area contributed by atoms with Gasteiger partial charge in [0.25, 0.3) is 10.1 Å². The molecule has 3 aromatic rings. The molecule has 0 atom stereocenters. The van der Waals surface area contributed by atoms with Gasteiger partial charge in [0.15, 0.2) is 5.75 Å². The highest BCUT2D eigenvalue weighted by atomic mass is 32.3. The van der Waals surface area contributed by atoms with Crippen molar-refractivity contribution in [1.82, 2.24) is 0 Å². The molecule has 3 rings (SSSR count). The van der Waals surface area contributed by atoms with Crippen LogP contribution in [-0.2, 0) is 13.7 Å². The van der Waals surface area contributed by atoms with Crippen LogP contribution in [0.1, 0.15) is 41.5 Å². The second-order valence-electron chi connectivity index (χ2n) is 11.7. The highest BCUT2D eigenvalue weighted by molar-refractivity contribution is 8.33.